The van der Waals surface area contributed by atoms with Crippen molar-refractivity contribution < 1.29 is 22.7 Å². The van der Waals surface area contributed by atoms with E-state index in [2.05, 4.69) is 0 Å². The van der Waals surface area contributed by atoms with Crippen LogP contribution in [0, 0.1) is 6.92 Å². The molecule has 28 heavy (non-hydrogen) atoms. The van der Waals surface area contributed by atoms with Crippen molar-refractivity contribution in [3.8, 4) is 5.75 Å². The highest BCUT2D eigenvalue weighted by Crippen LogP contribution is 2.31. The highest BCUT2D eigenvalue weighted by molar-refractivity contribution is 5.85. The standard InChI is InChI=1S/C21H25F2NO4/c1-4-5-15-12-18(25)28-19-13(2)17(7-6-16(15)19)27-14(3)20(26)24-10-8-21(22,23)9-11-24/h6-7,12,14H,4-5,8-11H2,1-3H3. The molecule has 0 saturated carbocycles. The monoisotopic (exact) mass is 393 g/mol. The maximum Gasteiger partial charge on any atom is 0.336 e. The van der Waals surface area contributed by atoms with Crippen LogP contribution in [0.3, 0.4) is 0 Å². The van der Waals surface area contributed by atoms with Crippen LogP contribution in [0.25, 0.3) is 11.0 Å². The molecule has 1 aliphatic rings. The number of nitrogens with zero attached hydrogens (tertiary/aromatic N) is 1. The zero-order chi connectivity index (χ0) is 20.5. The Hall–Kier alpha value is -2.44. The van der Waals surface area contributed by atoms with Gasteiger partial charge in [-0.25, -0.2) is 13.6 Å². The van der Waals surface area contributed by atoms with E-state index < -0.39 is 17.7 Å². The van der Waals surface area contributed by atoms with Crippen molar-refractivity contribution >= 4 is 16.9 Å². The Bertz CT molecular complexity index is 928. The molecule has 0 bridgehead atoms. The third-order valence-corrected chi connectivity index (χ3v) is 5.17. The number of carbonyl (C=O) groups excluding carboxylic acids is 1. The fraction of sp³-hybridized carbons (Fsp3) is 0.524. The van der Waals surface area contributed by atoms with Gasteiger partial charge in [-0.05, 0) is 38.0 Å². The number of amides is 1. The van der Waals surface area contributed by atoms with E-state index >= 15 is 0 Å². The minimum atomic E-state index is -2.70. The predicted molar refractivity (Wildman–Crippen MR) is 102 cm³/mol. The summed E-state index contributed by atoms with van der Waals surface area (Å²) in [7, 11) is 0. The molecular weight excluding hydrogens is 368 g/mol. The number of halogens is 2. The number of fused-ring (bicyclic) bond motifs is 1. The van der Waals surface area contributed by atoms with Gasteiger partial charge in [0.1, 0.15) is 11.3 Å². The molecule has 1 fully saturated rings. The lowest BCUT2D eigenvalue weighted by Crippen LogP contribution is -2.47. The molecular formula is C21H25F2NO4. The highest BCUT2D eigenvalue weighted by Gasteiger charge is 2.37. The molecule has 152 valence electrons. The molecule has 0 radical (unpaired) electrons. The van der Waals surface area contributed by atoms with Crippen molar-refractivity contribution in [3.63, 3.8) is 0 Å². The minimum Gasteiger partial charge on any atom is -0.480 e. The van der Waals surface area contributed by atoms with Crippen LogP contribution < -0.4 is 10.4 Å². The smallest absolute Gasteiger partial charge is 0.336 e. The summed E-state index contributed by atoms with van der Waals surface area (Å²) in [6.45, 7) is 5.45. The number of ether oxygens (including phenoxy) is 1. The van der Waals surface area contributed by atoms with E-state index in [0.29, 0.717) is 16.9 Å². The molecule has 0 spiro atoms. The van der Waals surface area contributed by atoms with Gasteiger partial charge in [0.2, 0.25) is 0 Å². The maximum absolute atomic E-state index is 13.3. The lowest BCUT2D eigenvalue weighted by molar-refractivity contribution is -0.143. The number of carbonyl (C=O) groups is 1. The van der Waals surface area contributed by atoms with Gasteiger partial charge in [-0.15, -0.1) is 0 Å². The van der Waals surface area contributed by atoms with E-state index in [4.69, 9.17) is 9.15 Å². The van der Waals surface area contributed by atoms with Crippen LogP contribution in [-0.4, -0.2) is 35.9 Å². The topological polar surface area (TPSA) is 59.8 Å². The third kappa shape index (κ3) is 4.18. The zero-order valence-corrected chi connectivity index (χ0v) is 16.4. The van der Waals surface area contributed by atoms with E-state index in [0.717, 1.165) is 23.8 Å². The van der Waals surface area contributed by atoms with Gasteiger partial charge < -0.3 is 14.1 Å². The van der Waals surface area contributed by atoms with Crippen molar-refractivity contribution in [2.24, 2.45) is 0 Å². The van der Waals surface area contributed by atoms with Gasteiger partial charge in [0, 0.05) is 42.9 Å². The van der Waals surface area contributed by atoms with E-state index in [1.807, 2.05) is 13.0 Å². The van der Waals surface area contributed by atoms with Crippen LogP contribution in [-0.2, 0) is 11.2 Å². The summed E-state index contributed by atoms with van der Waals surface area (Å²) in [6, 6.07) is 5.08. The first-order valence-corrected chi connectivity index (χ1v) is 9.61. The molecule has 1 aromatic heterocycles. The van der Waals surface area contributed by atoms with Crippen LogP contribution in [0.5, 0.6) is 5.75 Å². The van der Waals surface area contributed by atoms with E-state index in [9.17, 15) is 18.4 Å². The fourth-order valence-corrected chi connectivity index (χ4v) is 3.56. The van der Waals surface area contributed by atoms with Crippen molar-refractivity contribution in [1.29, 1.82) is 0 Å². The number of likely N-dealkylation sites (tertiary alicyclic amines) is 1. The molecule has 1 atom stereocenters. The van der Waals surface area contributed by atoms with Crippen molar-refractivity contribution in [2.45, 2.75) is 58.5 Å². The van der Waals surface area contributed by atoms with E-state index in [-0.39, 0.29) is 31.8 Å². The number of hydrogen-bond acceptors (Lipinski definition) is 4. The second-order valence-electron chi connectivity index (χ2n) is 7.35. The molecule has 5 nitrogen and oxygen atoms in total. The molecule has 1 aromatic carbocycles. The van der Waals surface area contributed by atoms with Gasteiger partial charge >= 0.3 is 5.63 Å². The average Bonchev–Trinajstić information content (AvgIpc) is 2.64. The summed E-state index contributed by atoms with van der Waals surface area (Å²) in [4.78, 5) is 25.9. The Morgan fingerprint density at radius 3 is 2.64 bits per heavy atom. The Balaban J connectivity index is 1.81. The summed E-state index contributed by atoms with van der Waals surface area (Å²) >= 11 is 0. The lowest BCUT2D eigenvalue weighted by Gasteiger charge is -2.33. The normalized spacial score (nSPS) is 17.5. The zero-order valence-electron chi connectivity index (χ0n) is 16.4. The first kappa shape index (κ1) is 20.3. The number of alkyl halides is 2. The summed E-state index contributed by atoms with van der Waals surface area (Å²) in [6.07, 6.45) is 0.179. The lowest BCUT2D eigenvalue weighted by atomic mass is 10.0. The van der Waals surface area contributed by atoms with Gasteiger partial charge in [0.05, 0.1) is 0 Å². The van der Waals surface area contributed by atoms with E-state index in [1.54, 1.807) is 19.9 Å². The largest absolute Gasteiger partial charge is 0.480 e. The number of rotatable bonds is 5. The molecule has 2 aromatic rings. The van der Waals surface area contributed by atoms with Crippen LogP contribution in [0.15, 0.2) is 27.4 Å². The SMILES string of the molecule is CCCc1cc(=O)oc2c(C)c(OC(C)C(=O)N3CCC(F)(F)CC3)ccc12. The maximum atomic E-state index is 13.3. The van der Waals surface area contributed by atoms with Gasteiger partial charge in [-0.3, -0.25) is 4.79 Å². The summed E-state index contributed by atoms with van der Waals surface area (Å²) in [5.74, 6) is -2.59. The van der Waals surface area contributed by atoms with Gasteiger partial charge in [0.25, 0.3) is 11.8 Å². The van der Waals surface area contributed by atoms with Gasteiger partial charge in [0.15, 0.2) is 6.10 Å². The van der Waals surface area contributed by atoms with Crippen molar-refractivity contribution in [3.05, 3.63) is 39.7 Å². The Labute approximate surface area is 162 Å². The number of hydrogen-bond donors (Lipinski definition) is 0. The highest BCUT2D eigenvalue weighted by atomic mass is 19.3. The summed E-state index contributed by atoms with van der Waals surface area (Å²) < 4.78 is 37.8. The summed E-state index contributed by atoms with van der Waals surface area (Å²) in [5.41, 5.74) is 1.58. The Morgan fingerprint density at radius 1 is 1.32 bits per heavy atom. The number of aryl methyl sites for hydroxylation is 2. The number of benzene rings is 1. The fourth-order valence-electron chi connectivity index (χ4n) is 3.56. The van der Waals surface area contributed by atoms with Crippen LogP contribution in [0.4, 0.5) is 8.78 Å². The third-order valence-electron chi connectivity index (χ3n) is 5.17. The Kier molecular flexibility index (Phi) is 5.72. The molecule has 0 aliphatic carbocycles. The first-order chi connectivity index (χ1) is 13.2. The molecule has 1 saturated heterocycles. The molecule has 3 rings (SSSR count). The molecule has 2 heterocycles. The summed E-state index contributed by atoms with van der Waals surface area (Å²) in [5, 5.41) is 0.851. The molecule has 1 amide bonds. The van der Waals surface area contributed by atoms with Crippen LogP contribution in [0.1, 0.15) is 44.2 Å². The van der Waals surface area contributed by atoms with Gasteiger partial charge in [-0.1, -0.05) is 13.3 Å². The molecule has 1 aliphatic heterocycles. The molecule has 1 unspecified atom stereocenters. The van der Waals surface area contributed by atoms with Crippen LogP contribution in [0.2, 0.25) is 0 Å². The van der Waals surface area contributed by atoms with Crippen LogP contribution >= 0.6 is 0 Å². The predicted octanol–water partition coefficient (Wildman–Crippen LogP) is 4.08. The van der Waals surface area contributed by atoms with E-state index in [1.165, 1.54) is 11.0 Å². The first-order valence-electron chi connectivity index (χ1n) is 9.61. The van der Waals surface area contributed by atoms with Crippen molar-refractivity contribution in [2.75, 3.05) is 13.1 Å². The molecule has 0 N–H and O–H groups in total. The second-order valence-corrected chi connectivity index (χ2v) is 7.35. The quantitative estimate of drug-likeness (QED) is 0.719. The van der Waals surface area contributed by atoms with Gasteiger partial charge in [-0.2, -0.15) is 0 Å². The van der Waals surface area contributed by atoms with Crippen molar-refractivity contribution in [1.82, 2.24) is 4.90 Å². The number of piperidine rings is 1. The second kappa shape index (κ2) is 7.89. The molecule has 7 heteroatoms. The Morgan fingerprint density at radius 2 is 2.00 bits per heavy atom. The minimum absolute atomic E-state index is 0.0193. The average molecular weight is 393 g/mol.